The van der Waals surface area contributed by atoms with Crippen LogP contribution in [0.25, 0.3) is 0 Å². The van der Waals surface area contributed by atoms with E-state index in [0.717, 1.165) is 11.0 Å². The molecule has 1 saturated carbocycles. The van der Waals surface area contributed by atoms with E-state index in [0.29, 0.717) is 13.1 Å². The molecule has 2 amide bonds. The van der Waals surface area contributed by atoms with E-state index in [4.69, 9.17) is 11.6 Å². The molecule has 0 aromatic heterocycles. The van der Waals surface area contributed by atoms with Gasteiger partial charge in [-0.25, -0.2) is 13.2 Å². The van der Waals surface area contributed by atoms with E-state index in [1.54, 1.807) is 12.1 Å². The fourth-order valence-corrected chi connectivity index (χ4v) is 6.75. The van der Waals surface area contributed by atoms with E-state index in [-0.39, 0.29) is 35.8 Å². The molecular weight excluding hydrogens is 545 g/mol. The van der Waals surface area contributed by atoms with Crippen molar-refractivity contribution >= 4 is 39.3 Å². The van der Waals surface area contributed by atoms with Gasteiger partial charge in [0.2, 0.25) is 11.8 Å². The van der Waals surface area contributed by atoms with Gasteiger partial charge in [-0.05, 0) is 30.7 Å². The number of rotatable bonds is 8. The third-order valence-electron chi connectivity index (χ3n) is 7.03. The summed E-state index contributed by atoms with van der Waals surface area (Å²) < 4.78 is 69.2. The van der Waals surface area contributed by atoms with Crippen LogP contribution in [0.4, 0.5) is 18.9 Å². The predicted molar refractivity (Wildman–Crippen MR) is 134 cm³/mol. The Labute approximate surface area is 223 Å². The SMILES string of the molecule is O=C(NC1CC(F)(F)C1)[C@H](c1ccccc1Cl)N(C(=O)[C@H]1CCN(S(=O)(=O)N2CC2)C1)c1cccc(F)c1. The number of anilines is 1. The molecule has 1 N–H and O–H groups in total. The third kappa shape index (κ3) is 5.40. The number of alkyl halides is 2. The van der Waals surface area contributed by atoms with Crippen molar-refractivity contribution in [2.45, 2.75) is 37.3 Å². The lowest BCUT2D eigenvalue weighted by Crippen LogP contribution is -2.54. The Hall–Kier alpha value is -2.67. The van der Waals surface area contributed by atoms with Gasteiger partial charge in [-0.15, -0.1) is 0 Å². The normalized spacial score (nSPS) is 22.5. The molecule has 2 aromatic carbocycles. The van der Waals surface area contributed by atoms with Crippen molar-refractivity contribution in [3.8, 4) is 0 Å². The molecule has 204 valence electrons. The Morgan fingerprint density at radius 1 is 1.05 bits per heavy atom. The fraction of sp³-hybridized carbons (Fsp3) is 0.440. The van der Waals surface area contributed by atoms with Crippen LogP contribution < -0.4 is 10.2 Å². The molecule has 2 aromatic rings. The first-order chi connectivity index (χ1) is 18.0. The standard InChI is InChI=1S/C25H26ClF3N4O4S/c26-21-7-2-1-6-20(21)22(23(34)30-18-13-25(28,29)14-18)33(19-5-3-4-17(27)12-19)24(35)16-8-9-32(15-16)38(36,37)31-10-11-31/h1-7,12,16,18,22H,8-11,13-15H2,(H,30,34)/t16-,22-/m0/s1. The van der Waals surface area contributed by atoms with Crippen molar-refractivity contribution in [2.24, 2.45) is 5.92 Å². The molecule has 0 spiro atoms. The zero-order chi connectivity index (χ0) is 27.2. The number of benzene rings is 2. The van der Waals surface area contributed by atoms with E-state index in [2.05, 4.69) is 5.32 Å². The summed E-state index contributed by atoms with van der Waals surface area (Å²) in [6, 6.07) is 9.20. The maximum Gasteiger partial charge on any atom is 0.282 e. The van der Waals surface area contributed by atoms with Crippen molar-refractivity contribution in [1.82, 2.24) is 13.9 Å². The Kier molecular flexibility index (Phi) is 7.18. The molecule has 2 saturated heterocycles. The maximum absolute atomic E-state index is 14.3. The minimum atomic E-state index is -3.68. The lowest BCUT2D eigenvalue weighted by molar-refractivity contribution is -0.133. The van der Waals surface area contributed by atoms with Gasteiger partial charge in [0.05, 0.1) is 5.92 Å². The first kappa shape index (κ1) is 26.9. The molecule has 0 bridgehead atoms. The topological polar surface area (TPSA) is 89.8 Å². The van der Waals surface area contributed by atoms with Crippen molar-refractivity contribution in [1.29, 1.82) is 0 Å². The molecule has 2 aliphatic heterocycles. The summed E-state index contributed by atoms with van der Waals surface area (Å²) >= 11 is 6.44. The minimum absolute atomic E-state index is 0.0567. The fourth-order valence-electron chi connectivity index (χ4n) is 4.94. The number of nitrogens with one attached hydrogen (secondary N) is 1. The molecule has 3 fully saturated rings. The van der Waals surface area contributed by atoms with Crippen LogP contribution in [-0.2, 0) is 19.8 Å². The van der Waals surface area contributed by atoms with Gasteiger partial charge in [-0.3, -0.25) is 14.5 Å². The molecule has 2 heterocycles. The Bertz CT molecular complexity index is 1350. The summed E-state index contributed by atoms with van der Waals surface area (Å²) in [5, 5.41) is 2.74. The van der Waals surface area contributed by atoms with Crippen LogP contribution in [0, 0.1) is 11.7 Å². The number of hydrogen-bond acceptors (Lipinski definition) is 4. The van der Waals surface area contributed by atoms with Crippen molar-refractivity contribution < 1.29 is 31.2 Å². The van der Waals surface area contributed by atoms with Crippen LogP contribution in [0.2, 0.25) is 5.02 Å². The molecule has 2 atom stereocenters. The summed E-state index contributed by atoms with van der Waals surface area (Å²) in [4.78, 5) is 28.8. The lowest BCUT2D eigenvalue weighted by atomic mass is 9.87. The predicted octanol–water partition coefficient (Wildman–Crippen LogP) is 3.35. The van der Waals surface area contributed by atoms with Gasteiger partial charge in [-0.1, -0.05) is 35.9 Å². The molecule has 0 unspecified atom stereocenters. The van der Waals surface area contributed by atoms with Crippen molar-refractivity contribution in [3.63, 3.8) is 0 Å². The zero-order valence-electron chi connectivity index (χ0n) is 20.2. The molecule has 5 rings (SSSR count). The van der Waals surface area contributed by atoms with E-state index in [1.807, 2.05) is 0 Å². The number of nitrogens with zero attached hydrogens (tertiary/aromatic N) is 3. The number of halogens is 4. The van der Waals surface area contributed by atoms with Gasteiger partial charge in [0.25, 0.3) is 16.1 Å². The molecule has 13 heteroatoms. The van der Waals surface area contributed by atoms with Crippen LogP contribution in [0.5, 0.6) is 0 Å². The second-order valence-electron chi connectivity index (χ2n) is 9.83. The van der Waals surface area contributed by atoms with Crippen molar-refractivity contribution in [2.75, 3.05) is 31.1 Å². The lowest BCUT2D eigenvalue weighted by Gasteiger charge is -2.38. The Morgan fingerprint density at radius 2 is 1.76 bits per heavy atom. The van der Waals surface area contributed by atoms with Gasteiger partial charge in [-0.2, -0.15) is 17.0 Å². The quantitative estimate of drug-likeness (QED) is 0.493. The highest BCUT2D eigenvalue weighted by Crippen LogP contribution is 2.39. The average molecular weight is 571 g/mol. The molecule has 8 nitrogen and oxygen atoms in total. The summed E-state index contributed by atoms with van der Waals surface area (Å²) in [5.74, 6) is -5.71. The summed E-state index contributed by atoms with van der Waals surface area (Å²) in [6.45, 7) is 0.852. The highest BCUT2D eigenvalue weighted by molar-refractivity contribution is 7.87. The molecule has 38 heavy (non-hydrogen) atoms. The van der Waals surface area contributed by atoms with E-state index in [9.17, 15) is 31.2 Å². The van der Waals surface area contributed by atoms with Crippen LogP contribution in [-0.4, -0.2) is 67.0 Å². The highest BCUT2D eigenvalue weighted by atomic mass is 35.5. The van der Waals surface area contributed by atoms with Crippen molar-refractivity contribution in [3.05, 3.63) is 64.9 Å². The van der Waals surface area contributed by atoms with Gasteiger partial charge in [0.1, 0.15) is 11.9 Å². The first-order valence-corrected chi connectivity index (χ1v) is 14.0. The maximum atomic E-state index is 14.3. The van der Waals surface area contributed by atoms with E-state index >= 15 is 0 Å². The number of hydrogen-bond donors (Lipinski definition) is 1. The molecule has 1 aliphatic carbocycles. The number of amides is 2. The van der Waals surface area contributed by atoms with Crippen LogP contribution >= 0.6 is 11.6 Å². The summed E-state index contributed by atoms with van der Waals surface area (Å²) in [6.07, 6.45) is -0.870. The van der Waals surface area contributed by atoms with Gasteiger partial charge >= 0.3 is 0 Å². The number of carbonyl (C=O) groups excluding carboxylic acids is 2. The average Bonchev–Trinajstić information content (AvgIpc) is 3.58. The summed E-state index contributed by atoms with van der Waals surface area (Å²) in [7, 11) is -3.68. The zero-order valence-corrected chi connectivity index (χ0v) is 21.8. The van der Waals surface area contributed by atoms with Gasteiger partial charge in [0, 0.05) is 61.3 Å². The monoisotopic (exact) mass is 570 g/mol. The second kappa shape index (κ2) is 10.1. The molecule has 3 aliphatic rings. The Morgan fingerprint density at radius 3 is 2.39 bits per heavy atom. The third-order valence-corrected chi connectivity index (χ3v) is 9.37. The van der Waals surface area contributed by atoms with Gasteiger partial charge in [0.15, 0.2) is 0 Å². The number of carbonyl (C=O) groups is 2. The Balaban J connectivity index is 1.51. The second-order valence-corrected chi connectivity index (χ2v) is 12.2. The summed E-state index contributed by atoms with van der Waals surface area (Å²) in [5.41, 5.74) is 0.281. The van der Waals surface area contributed by atoms with E-state index < -0.39 is 64.6 Å². The molecule has 0 radical (unpaired) electrons. The molecular formula is C25H26ClF3N4O4S. The van der Waals surface area contributed by atoms with E-state index in [1.165, 1.54) is 38.9 Å². The van der Waals surface area contributed by atoms with Crippen LogP contribution in [0.1, 0.15) is 30.9 Å². The minimum Gasteiger partial charge on any atom is -0.351 e. The smallest absolute Gasteiger partial charge is 0.282 e. The van der Waals surface area contributed by atoms with Crippen LogP contribution in [0.3, 0.4) is 0 Å². The van der Waals surface area contributed by atoms with Crippen LogP contribution in [0.15, 0.2) is 48.5 Å². The van der Waals surface area contributed by atoms with Gasteiger partial charge < -0.3 is 5.32 Å². The highest BCUT2D eigenvalue weighted by Gasteiger charge is 2.48. The largest absolute Gasteiger partial charge is 0.351 e. The first-order valence-electron chi connectivity index (χ1n) is 12.2.